The second-order valence-corrected chi connectivity index (χ2v) is 3.16. The fourth-order valence-electron chi connectivity index (χ4n) is 1.71. The third kappa shape index (κ3) is 0.717. The van der Waals surface area contributed by atoms with E-state index in [-0.39, 0.29) is 5.60 Å². The minimum atomic E-state index is 0.109. The molecule has 0 radical (unpaired) electrons. The molecule has 0 unspecified atom stereocenters. The molecule has 1 aliphatic carbocycles. The average molecular weight is 139 g/mol. The molecule has 1 spiro atoms. The van der Waals surface area contributed by atoms with Crippen molar-refractivity contribution >= 4 is 5.71 Å². The molecule has 1 fully saturated rings. The summed E-state index contributed by atoms with van der Waals surface area (Å²) in [5, 5.41) is 0. The Morgan fingerprint density at radius 3 is 2.70 bits per heavy atom. The maximum Gasteiger partial charge on any atom is 0.105 e. The minimum Gasteiger partial charge on any atom is -0.367 e. The molecule has 0 saturated heterocycles. The molecule has 1 saturated carbocycles. The quantitative estimate of drug-likeness (QED) is 0.497. The van der Waals surface area contributed by atoms with Crippen molar-refractivity contribution in [1.82, 2.24) is 0 Å². The Morgan fingerprint density at radius 2 is 2.30 bits per heavy atom. The lowest BCUT2D eigenvalue weighted by molar-refractivity contribution is -0.0500. The summed E-state index contributed by atoms with van der Waals surface area (Å²) < 4.78 is 5.68. The Balaban J connectivity index is 2.19. The topological polar surface area (TPSA) is 21.6 Å². The van der Waals surface area contributed by atoms with E-state index >= 15 is 0 Å². The van der Waals surface area contributed by atoms with Gasteiger partial charge in [0.2, 0.25) is 0 Å². The van der Waals surface area contributed by atoms with E-state index in [0.29, 0.717) is 0 Å². The molecular weight excluding hydrogens is 126 g/mol. The van der Waals surface area contributed by atoms with E-state index in [1.165, 1.54) is 25.0 Å². The van der Waals surface area contributed by atoms with Crippen molar-refractivity contribution in [2.75, 3.05) is 13.2 Å². The van der Waals surface area contributed by atoms with E-state index in [1.807, 2.05) is 0 Å². The van der Waals surface area contributed by atoms with Crippen molar-refractivity contribution < 1.29 is 4.74 Å². The molecule has 0 aromatic rings. The molecule has 0 amide bonds. The van der Waals surface area contributed by atoms with E-state index < -0.39 is 0 Å². The largest absolute Gasteiger partial charge is 0.367 e. The zero-order valence-electron chi connectivity index (χ0n) is 6.39. The second-order valence-electron chi connectivity index (χ2n) is 3.16. The van der Waals surface area contributed by atoms with E-state index in [9.17, 15) is 0 Å². The van der Waals surface area contributed by atoms with Crippen LogP contribution in [0.5, 0.6) is 0 Å². The van der Waals surface area contributed by atoms with E-state index in [2.05, 4.69) is 11.9 Å². The molecule has 56 valence electrons. The van der Waals surface area contributed by atoms with Crippen LogP contribution in [0.2, 0.25) is 0 Å². The van der Waals surface area contributed by atoms with Gasteiger partial charge in [-0.2, -0.15) is 0 Å². The van der Waals surface area contributed by atoms with Crippen molar-refractivity contribution in [3.8, 4) is 0 Å². The summed E-state index contributed by atoms with van der Waals surface area (Å²) in [6.45, 7) is 3.79. The number of hydrogen-bond donors (Lipinski definition) is 0. The molecule has 1 aliphatic heterocycles. The van der Waals surface area contributed by atoms with Gasteiger partial charge < -0.3 is 4.74 Å². The summed E-state index contributed by atoms with van der Waals surface area (Å²) in [4.78, 5) is 4.40. The molecule has 2 nitrogen and oxygen atoms in total. The maximum atomic E-state index is 5.68. The fourth-order valence-corrected chi connectivity index (χ4v) is 1.71. The van der Waals surface area contributed by atoms with Crippen LogP contribution in [0.25, 0.3) is 0 Å². The summed E-state index contributed by atoms with van der Waals surface area (Å²) >= 11 is 0. The molecule has 0 N–H and O–H groups in total. The summed E-state index contributed by atoms with van der Waals surface area (Å²) in [6.07, 6.45) is 3.71. The van der Waals surface area contributed by atoms with Gasteiger partial charge in [-0.25, -0.2) is 0 Å². The van der Waals surface area contributed by atoms with Gasteiger partial charge in [0.1, 0.15) is 5.60 Å². The maximum absolute atomic E-state index is 5.68. The van der Waals surface area contributed by atoms with Crippen molar-refractivity contribution in [3.05, 3.63) is 0 Å². The summed E-state index contributed by atoms with van der Waals surface area (Å²) in [7, 11) is 0. The van der Waals surface area contributed by atoms with E-state index in [1.54, 1.807) is 0 Å². The third-order valence-electron chi connectivity index (χ3n) is 2.64. The van der Waals surface area contributed by atoms with Gasteiger partial charge in [0.05, 0.1) is 13.2 Å². The lowest BCUT2D eigenvalue weighted by atomic mass is 9.76. The first-order chi connectivity index (χ1) is 4.83. The normalized spacial score (nSPS) is 29.5. The molecule has 2 rings (SSSR count). The number of hydrogen-bond acceptors (Lipinski definition) is 2. The van der Waals surface area contributed by atoms with Crippen molar-refractivity contribution in [1.29, 1.82) is 0 Å². The van der Waals surface area contributed by atoms with Gasteiger partial charge in [-0.05, 0) is 26.2 Å². The Hall–Kier alpha value is -0.370. The van der Waals surface area contributed by atoms with Crippen LogP contribution in [0.1, 0.15) is 26.2 Å². The molecule has 2 heteroatoms. The van der Waals surface area contributed by atoms with Gasteiger partial charge in [0, 0.05) is 5.71 Å². The first-order valence-electron chi connectivity index (χ1n) is 3.99. The van der Waals surface area contributed by atoms with Crippen LogP contribution < -0.4 is 0 Å². The molecule has 0 aromatic heterocycles. The highest BCUT2D eigenvalue weighted by Gasteiger charge is 2.41. The van der Waals surface area contributed by atoms with Crippen molar-refractivity contribution in [2.24, 2.45) is 4.99 Å². The smallest absolute Gasteiger partial charge is 0.105 e. The highest BCUT2D eigenvalue weighted by atomic mass is 16.5. The Morgan fingerprint density at radius 1 is 1.50 bits per heavy atom. The van der Waals surface area contributed by atoms with Crippen molar-refractivity contribution in [2.45, 2.75) is 31.8 Å². The van der Waals surface area contributed by atoms with Crippen LogP contribution in [0.4, 0.5) is 0 Å². The molecule has 2 aliphatic rings. The molecule has 1 heterocycles. The third-order valence-corrected chi connectivity index (χ3v) is 2.64. The standard InChI is InChI=1S/C8H13NO/c1-7-8(3-2-4-8)10-6-5-9-7/h2-6H2,1H3. The van der Waals surface area contributed by atoms with Gasteiger partial charge in [-0.15, -0.1) is 0 Å². The zero-order valence-corrected chi connectivity index (χ0v) is 6.39. The second kappa shape index (κ2) is 2.06. The Labute approximate surface area is 61.3 Å². The first-order valence-corrected chi connectivity index (χ1v) is 3.99. The first kappa shape index (κ1) is 6.35. The van der Waals surface area contributed by atoms with Crippen LogP contribution in [0, 0.1) is 0 Å². The average Bonchev–Trinajstić information content (AvgIpc) is 1.85. The lowest BCUT2D eigenvalue weighted by Gasteiger charge is -2.43. The van der Waals surface area contributed by atoms with Gasteiger partial charge in [0.15, 0.2) is 0 Å². The van der Waals surface area contributed by atoms with Crippen LogP contribution in [0.15, 0.2) is 4.99 Å². The van der Waals surface area contributed by atoms with Crippen LogP contribution in [0.3, 0.4) is 0 Å². The summed E-state index contributed by atoms with van der Waals surface area (Å²) in [5.74, 6) is 0. The highest BCUT2D eigenvalue weighted by Crippen LogP contribution is 2.38. The molecule has 0 atom stereocenters. The Bertz CT molecular complexity index is 170. The number of rotatable bonds is 0. The van der Waals surface area contributed by atoms with Crippen LogP contribution >= 0.6 is 0 Å². The van der Waals surface area contributed by atoms with Crippen LogP contribution in [-0.4, -0.2) is 24.5 Å². The van der Waals surface area contributed by atoms with E-state index in [4.69, 9.17) is 4.74 Å². The number of nitrogens with zero attached hydrogens (tertiary/aromatic N) is 1. The predicted molar refractivity (Wildman–Crippen MR) is 40.5 cm³/mol. The zero-order chi connectivity index (χ0) is 7.03. The summed E-state index contributed by atoms with van der Waals surface area (Å²) in [6, 6.07) is 0. The molecule has 10 heavy (non-hydrogen) atoms. The lowest BCUT2D eigenvalue weighted by Crippen LogP contribution is -2.49. The monoisotopic (exact) mass is 139 g/mol. The minimum absolute atomic E-state index is 0.109. The molecule has 0 bridgehead atoms. The highest BCUT2D eigenvalue weighted by molar-refractivity contribution is 5.91. The van der Waals surface area contributed by atoms with Gasteiger partial charge >= 0.3 is 0 Å². The molecular formula is C8H13NO. The number of ether oxygens (including phenoxy) is 1. The van der Waals surface area contributed by atoms with Crippen molar-refractivity contribution in [3.63, 3.8) is 0 Å². The SMILES string of the molecule is CC1=NCCOC12CCC2. The van der Waals surface area contributed by atoms with Gasteiger partial charge in [-0.3, -0.25) is 4.99 Å². The fraction of sp³-hybridized carbons (Fsp3) is 0.875. The predicted octanol–water partition coefficient (Wildman–Crippen LogP) is 1.40. The molecule has 0 aromatic carbocycles. The summed E-state index contributed by atoms with van der Waals surface area (Å²) in [5.41, 5.74) is 1.34. The van der Waals surface area contributed by atoms with Gasteiger partial charge in [-0.1, -0.05) is 0 Å². The number of aliphatic imine (C=N–C) groups is 1. The van der Waals surface area contributed by atoms with Gasteiger partial charge in [0.25, 0.3) is 0 Å². The Kier molecular flexibility index (Phi) is 1.31. The van der Waals surface area contributed by atoms with Crippen LogP contribution in [-0.2, 0) is 4.74 Å². The van der Waals surface area contributed by atoms with E-state index in [0.717, 1.165) is 13.2 Å².